The third-order valence-corrected chi connectivity index (χ3v) is 6.59. The molecule has 33 heavy (non-hydrogen) atoms. The Kier molecular flexibility index (Phi) is 6.02. The Hall–Kier alpha value is -3.36. The van der Waals surface area contributed by atoms with Crippen LogP contribution in [0.15, 0.2) is 76.0 Å². The highest BCUT2D eigenvalue weighted by molar-refractivity contribution is 9.10. The molecule has 0 saturated carbocycles. The van der Waals surface area contributed by atoms with Gasteiger partial charge in [-0.05, 0) is 64.0 Å². The van der Waals surface area contributed by atoms with E-state index >= 15 is 0 Å². The van der Waals surface area contributed by atoms with Crippen molar-refractivity contribution >= 4 is 49.3 Å². The molecule has 0 unspecified atom stereocenters. The molecule has 0 N–H and O–H groups in total. The average molecular weight is 523 g/mol. The number of fused-ring (bicyclic) bond motifs is 3. The van der Waals surface area contributed by atoms with Gasteiger partial charge in [-0.15, -0.1) is 0 Å². The number of para-hydroxylation sites is 3. The summed E-state index contributed by atoms with van der Waals surface area (Å²) in [6, 6.07) is 21.0. The van der Waals surface area contributed by atoms with Gasteiger partial charge < -0.3 is 14.2 Å². The minimum atomic E-state index is -0.0859. The molecule has 0 aliphatic rings. The van der Waals surface area contributed by atoms with Crippen LogP contribution in [-0.2, 0) is 0 Å². The van der Waals surface area contributed by atoms with Crippen LogP contribution in [0.25, 0.3) is 22.1 Å². The van der Waals surface area contributed by atoms with Crippen LogP contribution < -0.4 is 24.3 Å². The lowest BCUT2D eigenvalue weighted by atomic mass is 10.2. The highest BCUT2D eigenvalue weighted by Crippen LogP contribution is 2.37. The first-order valence-electron chi connectivity index (χ1n) is 10.2. The number of aromatic nitrogens is 2. The molecule has 2 aromatic heterocycles. The zero-order valence-electron chi connectivity index (χ0n) is 17.7. The van der Waals surface area contributed by atoms with E-state index in [4.69, 9.17) is 14.2 Å². The van der Waals surface area contributed by atoms with Crippen molar-refractivity contribution in [2.75, 3.05) is 20.3 Å². The predicted molar refractivity (Wildman–Crippen MR) is 134 cm³/mol. The maximum atomic E-state index is 13.0. The van der Waals surface area contributed by atoms with Gasteiger partial charge in [-0.3, -0.25) is 4.79 Å². The molecule has 0 radical (unpaired) electrons. The Morgan fingerprint density at radius 3 is 2.61 bits per heavy atom. The number of ether oxygens (including phenoxy) is 3. The van der Waals surface area contributed by atoms with Crippen molar-refractivity contribution < 1.29 is 14.2 Å². The standard InChI is InChI=1S/C25H19BrN2O4S/c1-30-21-14-16(13-18(26)23(21)32-12-11-31-17-7-3-2-4-8-17)15-22-24(29)28-20-10-6-5-9-19(20)27-25(28)33-22/h2-10,13-15H,11-12H2,1H3/b22-15+. The number of methoxy groups -OCH3 is 1. The molecule has 0 bridgehead atoms. The summed E-state index contributed by atoms with van der Waals surface area (Å²) in [5.41, 5.74) is 2.36. The lowest BCUT2D eigenvalue weighted by Crippen LogP contribution is -2.22. The van der Waals surface area contributed by atoms with Crippen LogP contribution in [0.3, 0.4) is 0 Å². The molecule has 0 aliphatic carbocycles. The number of benzene rings is 3. The van der Waals surface area contributed by atoms with E-state index in [0.717, 1.165) is 26.8 Å². The molecule has 166 valence electrons. The van der Waals surface area contributed by atoms with E-state index in [1.54, 1.807) is 11.5 Å². The number of thiazole rings is 1. The third-order valence-electron chi connectivity index (χ3n) is 5.04. The normalized spacial score (nSPS) is 11.9. The fourth-order valence-corrected chi connectivity index (χ4v) is 5.11. The van der Waals surface area contributed by atoms with Crippen molar-refractivity contribution in [3.8, 4) is 17.2 Å². The smallest absolute Gasteiger partial charge is 0.274 e. The zero-order valence-corrected chi connectivity index (χ0v) is 20.1. The predicted octanol–water partition coefficient (Wildman–Crippen LogP) is 4.69. The van der Waals surface area contributed by atoms with Gasteiger partial charge in [0.2, 0.25) is 0 Å². The Labute approximate surface area is 201 Å². The lowest BCUT2D eigenvalue weighted by molar-refractivity contribution is 0.210. The van der Waals surface area contributed by atoms with Gasteiger partial charge in [0.1, 0.15) is 19.0 Å². The van der Waals surface area contributed by atoms with Crippen LogP contribution in [0.4, 0.5) is 0 Å². The first-order chi connectivity index (χ1) is 16.1. The van der Waals surface area contributed by atoms with Crippen LogP contribution >= 0.6 is 27.3 Å². The minimum absolute atomic E-state index is 0.0859. The Morgan fingerprint density at radius 2 is 1.79 bits per heavy atom. The van der Waals surface area contributed by atoms with Gasteiger partial charge in [0.05, 0.1) is 27.1 Å². The maximum absolute atomic E-state index is 13.0. The lowest BCUT2D eigenvalue weighted by Gasteiger charge is -2.14. The number of nitrogens with zero attached hydrogens (tertiary/aromatic N) is 2. The minimum Gasteiger partial charge on any atom is -0.493 e. The molecule has 5 rings (SSSR count). The van der Waals surface area contributed by atoms with Crippen LogP contribution in [0, 0.1) is 0 Å². The van der Waals surface area contributed by atoms with Crippen molar-refractivity contribution in [1.82, 2.24) is 9.38 Å². The zero-order chi connectivity index (χ0) is 22.8. The molecule has 0 atom stereocenters. The van der Waals surface area contributed by atoms with E-state index in [0.29, 0.717) is 34.2 Å². The van der Waals surface area contributed by atoms with Crippen LogP contribution in [0.1, 0.15) is 5.56 Å². The van der Waals surface area contributed by atoms with Gasteiger partial charge in [0, 0.05) is 0 Å². The number of halogens is 1. The Morgan fingerprint density at radius 1 is 1.03 bits per heavy atom. The SMILES string of the molecule is COc1cc(/C=c2/sc3nc4ccccc4n3c2=O)cc(Br)c1OCCOc1ccccc1. The molecule has 8 heteroatoms. The van der Waals surface area contributed by atoms with Crippen LogP contribution in [-0.4, -0.2) is 29.7 Å². The number of rotatable bonds is 7. The topological polar surface area (TPSA) is 62.1 Å². The number of hydrogen-bond acceptors (Lipinski definition) is 6. The van der Waals surface area contributed by atoms with Gasteiger partial charge in [0.15, 0.2) is 16.5 Å². The van der Waals surface area contributed by atoms with Crippen molar-refractivity contribution in [3.05, 3.63) is 91.7 Å². The van der Waals surface area contributed by atoms with Gasteiger partial charge in [-0.25, -0.2) is 9.38 Å². The molecule has 0 saturated heterocycles. The molecule has 6 nitrogen and oxygen atoms in total. The molecular formula is C25H19BrN2O4S. The second-order valence-corrected chi connectivity index (χ2v) is 9.04. The molecule has 3 aromatic carbocycles. The van der Waals surface area contributed by atoms with E-state index < -0.39 is 0 Å². The van der Waals surface area contributed by atoms with E-state index in [2.05, 4.69) is 20.9 Å². The van der Waals surface area contributed by atoms with Crippen LogP contribution in [0.2, 0.25) is 0 Å². The average Bonchev–Trinajstić information content (AvgIpc) is 3.34. The summed E-state index contributed by atoms with van der Waals surface area (Å²) in [6.07, 6.45) is 1.84. The van der Waals surface area contributed by atoms with Crippen molar-refractivity contribution in [2.45, 2.75) is 0 Å². The van der Waals surface area contributed by atoms with Crippen molar-refractivity contribution in [3.63, 3.8) is 0 Å². The summed E-state index contributed by atoms with van der Waals surface area (Å²) in [6.45, 7) is 0.753. The van der Waals surface area contributed by atoms with Crippen molar-refractivity contribution in [1.29, 1.82) is 0 Å². The van der Waals surface area contributed by atoms with Gasteiger partial charge in [0.25, 0.3) is 5.56 Å². The van der Waals surface area contributed by atoms with E-state index in [-0.39, 0.29) is 5.56 Å². The third kappa shape index (κ3) is 4.31. The molecule has 2 heterocycles. The second-order valence-electron chi connectivity index (χ2n) is 7.18. The van der Waals surface area contributed by atoms with Gasteiger partial charge in [-0.2, -0.15) is 0 Å². The quantitative estimate of drug-likeness (QED) is 0.290. The number of imidazole rings is 1. The molecule has 5 aromatic rings. The first-order valence-corrected chi connectivity index (χ1v) is 11.8. The fourth-order valence-electron chi connectivity index (χ4n) is 3.55. The van der Waals surface area contributed by atoms with Gasteiger partial charge in [-0.1, -0.05) is 41.7 Å². The summed E-state index contributed by atoms with van der Waals surface area (Å²) >= 11 is 4.93. The largest absolute Gasteiger partial charge is 0.493 e. The molecular weight excluding hydrogens is 504 g/mol. The molecule has 0 amide bonds. The first kappa shape index (κ1) is 21.5. The van der Waals surface area contributed by atoms with E-state index in [9.17, 15) is 4.79 Å². The number of hydrogen-bond donors (Lipinski definition) is 0. The summed E-state index contributed by atoms with van der Waals surface area (Å²) in [5.74, 6) is 1.94. The van der Waals surface area contributed by atoms with Crippen molar-refractivity contribution in [2.24, 2.45) is 0 Å². The summed E-state index contributed by atoms with van der Waals surface area (Å²) in [4.78, 5) is 18.3. The maximum Gasteiger partial charge on any atom is 0.274 e. The Bertz CT molecular complexity index is 1550. The summed E-state index contributed by atoms with van der Waals surface area (Å²) in [5, 5.41) is 0. The highest BCUT2D eigenvalue weighted by atomic mass is 79.9. The second kappa shape index (κ2) is 9.25. The van der Waals surface area contributed by atoms with E-state index in [1.165, 1.54) is 11.3 Å². The fraction of sp³-hybridized carbons (Fsp3) is 0.120. The summed E-state index contributed by atoms with van der Waals surface area (Å²) in [7, 11) is 1.59. The molecule has 0 fully saturated rings. The highest BCUT2D eigenvalue weighted by Gasteiger charge is 2.13. The van der Waals surface area contributed by atoms with Gasteiger partial charge >= 0.3 is 0 Å². The Balaban J connectivity index is 1.40. The van der Waals surface area contributed by atoms with Crippen LogP contribution in [0.5, 0.6) is 17.2 Å². The molecule has 0 aliphatic heterocycles. The summed E-state index contributed by atoms with van der Waals surface area (Å²) < 4.78 is 20.1. The molecule has 0 spiro atoms. The monoisotopic (exact) mass is 522 g/mol. The van der Waals surface area contributed by atoms with E-state index in [1.807, 2.05) is 72.8 Å².